The number of aliphatic hydroxyl groups is 1. The molecule has 1 saturated heterocycles. The average molecular weight is 319 g/mol. The van der Waals surface area contributed by atoms with Crippen LogP contribution in [0.15, 0.2) is 23.1 Å². The topological polar surface area (TPSA) is 60.9 Å². The maximum absolute atomic E-state index is 12.6. The van der Waals surface area contributed by atoms with Gasteiger partial charge in [0, 0.05) is 30.7 Å². The van der Waals surface area contributed by atoms with E-state index in [1.807, 2.05) is 14.0 Å². The van der Waals surface area contributed by atoms with Crippen LogP contribution in [-0.2, 0) is 16.6 Å². The SMILES string of the molecule is CC1CN(C)CCN1S(=O)(=O)c1ccc(CO)c(Cl)c1. The van der Waals surface area contributed by atoms with Crippen LogP contribution in [0.25, 0.3) is 0 Å². The number of nitrogens with zero attached hydrogens (tertiary/aromatic N) is 2. The van der Waals surface area contributed by atoms with E-state index in [1.165, 1.54) is 16.4 Å². The zero-order chi connectivity index (χ0) is 14.9. The van der Waals surface area contributed by atoms with Crippen molar-refractivity contribution in [3.63, 3.8) is 0 Å². The Morgan fingerprint density at radius 2 is 2.10 bits per heavy atom. The highest BCUT2D eigenvalue weighted by atomic mass is 35.5. The van der Waals surface area contributed by atoms with Crippen LogP contribution in [0.5, 0.6) is 0 Å². The maximum Gasteiger partial charge on any atom is 0.243 e. The molecular formula is C13H19ClN2O3S. The molecular weight excluding hydrogens is 300 g/mol. The summed E-state index contributed by atoms with van der Waals surface area (Å²) in [6.07, 6.45) is 0. The molecule has 0 aliphatic carbocycles. The molecule has 112 valence electrons. The van der Waals surface area contributed by atoms with Gasteiger partial charge in [-0.2, -0.15) is 4.31 Å². The highest BCUT2D eigenvalue weighted by molar-refractivity contribution is 7.89. The molecule has 1 atom stereocenters. The molecule has 0 spiro atoms. The largest absolute Gasteiger partial charge is 0.392 e. The van der Waals surface area contributed by atoms with Gasteiger partial charge in [-0.15, -0.1) is 0 Å². The van der Waals surface area contributed by atoms with Gasteiger partial charge in [0.05, 0.1) is 11.5 Å². The van der Waals surface area contributed by atoms with E-state index >= 15 is 0 Å². The average Bonchev–Trinajstić information content (AvgIpc) is 2.38. The lowest BCUT2D eigenvalue weighted by Crippen LogP contribution is -2.52. The third-order valence-corrected chi connectivity index (χ3v) is 5.93. The smallest absolute Gasteiger partial charge is 0.243 e. The van der Waals surface area contributed by atoms with E-state index in [4.69, 9.17) is 16.7 Å². The molecule has 5 nitrogen and oxygen atoms in total. The van der Waals surface area contributed by atoms with E-state index in [-0.39, 0.29) is 22.6 Å². The summed E-state index contributed by atoms with van der Waals surface area (Å²) < 4.78 is 26.8. The summed E-state index contributed by atoms with van der Waals surface area (Å²) in [7, 11) is -1.56. The number of piperazine rings is 1. The number of hydrogen-bond donors (Lipinski definition) is 1. The van der Waals surface area contributed by atoms with Crippen molar-refractivity contribution in [2.75, 3.05) is 26.7 Å². The molecule has 7 heteroatoms. The summed E-state index contributed by atoms with van der Waals surface area (Å²) >= 11 is 5.98. The Morgan fingerprint density at radius 3 is 2.65 bits per heavy atom. The lowest BCUT2D eigenvalue weighted by Gasteiger charge is -2.37. The van der Waals surface area contributed by atoms with Crippen molar-refractivity contribution in [1.82, 2.24) is 9.21 Å². The molecule has 2 rings (SSSR count). The first-order valence-electron chi connectivity index (χ1n) is 6.46. The maximum atomic E-state index is 12.6. The lowest BCUT2D eigenvalue weighted by molar-refractivity contribution is 0.170. The quantitative estimate of drug-likeness (QED) is 0.908. The third-order valence-electron chi connectivity index (χ3n) is 3.57. The second-order valence-corrected chi connectivity index (χ2v) is 7.44. The molecule has 1 aromatic carbocycles. The number of likely N-dealkylation sites (N-methyl/N-ethyl adjacent to an activating group) is 1. The summed E-state index contributed by atoms with van der Waals surface area (Å²) in [5, 5.41) is 9.36. The third kappa shape index (κ3) is 2.99. The van der Waals surface area contributed by atoms with Crippen LogP contribution in [0, 0.1) is 0 Å². The van der Waals surface area contributed by atoms with E-state index in [0.717, 1.165) is 0 Å². The van der Waals surface area contributed by atoms with Crippen molar-refractivity contribution in [2.45, 2.75) is 24.5 Å². The minimum Gasteiger partial charge on any atom is -0.392 e. The van der Waals surface area contributed by atoms with Crippen molar-refractivity contribution >= 4 is 21.6 Å². The van der Waals surface area contributed by atoms with Gasteiger partial charge in [-0.1, -0.05) is 17.7 Å². The second kappa shape index (κ2) is 5.99. The molecule has 1 heterocycles. The van der Waals surface area contributed by atoms with Gasteiger partial charge in [-0.05, 0) is 31.7 Å². The van der Waals surface area contributed by atoms with Gasteiger partial charge in [0.2, 0.25) is 10.0 Å². The van der Waals surface area contributed by atoms with E-state index in [9.17, 15) is 8.42 Å². The summed E-state index contributed by atoms with van der Waals surface area (Å²) in [6, 6.07) is 4.39. The standard InChI is InChI=1S/C13H19ClN2O3S/c1-10-8-15(2)5-6-16(10)20(18,19)12-4-3-11(9-17)13(14)7-12/h3-4,7,10,17H,5-6,8-9H2,1-2H3. The van der Waals surface area contributed by atoms with Gasteiger partial charge in [0.25, 0.3) is 0 Å². The molecule has 1 aliphatic rings. The highest BCUT2D eigenvalue weighted by Gasteiger charge is 2.32. The van der Waals surface area contributed by atoms with Gasteiger partial charge < -0.3 is 10.0 Å². The predicted octanol–water partition coefficient (Wildman–Crippen LogP) is 1.16. The zero-order valence-corrected chi connectivity index (χ0v) is 13.2. The van der Waals surface area contributed by atoms with Crippen molar-refractivity contribution in [3.05, 3.63) is 28.8 Å². The summed E-state index contributed by atoms with van der Waals surface area (Å²) in [5.74, 6) is 0. The van der Waals surface area contributed by atoms with Crippen molar-refractivity contribution in [3.8, 4) is 0 Å². The van der Waals surface area contributed by atoms with Crippen LogP contribution in [0.1, 0.15) is 12.5 Å². The minimum absolute atomic E-state index is 0.0740. The number of hydrogen-bond acceptors (Lipinski definition) is 4. The fourth-order valence-corrected chi connectivity index (χ4v) is 4.38. The Labute approximate surface area is 124 Å². The van der Waals surface area contributed by atoms with Crippen molar-refractivity contribution < 1.29 is 13.5 Å². The first-order chi connectivity index (χ1) is 9.36. The molecule has 1 N–H and O–H groups in total. The van der Waals surface area contributed by atoms with Crippen LogP contribution in [0.3, 0.4) is 0 Å². The first kappa shape index (κ1) is 15.7. The Kier molecular flexibility index (Phi) is 4.71. The van der Waals surface area contributed by atoms with E-state index in [2.05, 4.69) is 4.90 Å². The fraction of sp³-hybridized carbons (Fsp3) is 0.538. The predicted molar refractivity (Wildman–Crippen MR) is 78.2 cm³/mol. The molecule has 0 saturated carbocycles. The van der Waals surface area contributed by atoms with Crippen LogP contribution in [0.2, 0.25) is 5.02 Å². The Morgan fingerprint density at radius 1 is 1.40 bits per heavy atom. The summed E-state index contributed by atoms with van der Waals surface area (Å²) in [5.41, 5.74) is 0.525. The van der Waals surface area contributed by atoms with Gasteiger partial charge in [-0.25, -0.2) is 8.42 Å². The van der Waals surface area contributed by atoms with Crippen molar-refractivity contribution in [2.24, 2.45) is 0 Å². The fourth-order valence-electron chi connectivity index (χ4n) is 2.43. The Balaban J connectivity index is 2.33. The molecule has 1 fully saturated rings. The van der Waals surface area contributed by atoms with Crippen LogP contribution >= 0.6 is 11.6 Å². The highest BCUT2D eigenvalue weighted by Crippen LogP contribution is 2.25. The number of rotatable bonds is 3. The lowest BCUT2D eigenvalue weighted by atomic mass is 10.2. The molecule has 0 bridgehead atoms. The number of halogens is 1. The molecule has 1 unspecified atom stereocenters. The molecule has 0 aromatic heterocycles. The molecule has 1 aliphatic heterocycles. The van der Waals surface area contributed by atoms with Gasteiger partial charge in [0.15, 0.2) is 0 Å². The van der Waals surface area contributed by atoms with Crippen molar-refractivity contribution in [1.29, 1.82) is 0 Å². The van der Waals surface area contributed by atoms with Crippen LogP contribution < -0.4 is 0 Å². The molecule has 20 heavy (non-hydrogen) atoms. The van der Waals surface area contributed by atoms with E-state index in [1.54, 1.807) is 6.07 Å². The number of benzene rings is 1. The summed E-state index contributed by atoms with van der Waals surface area (Å²) in [4.78, 5) is 2.29. The normalized spacial score (nSPS) is 22.1. The molecule has 1 aromatic rings. The number of sulfonamides is 1. The monoisotopic (exact) mass is 318 g/mol. The van der Waals surface area contributed by atoms with Crippen LogP contribution in [-0.4, -0.2) is 55.5 Å². The van der Waals surface area contributed by atoms with E-state index in [0.29, 0.717) is 25.2 Å². The Bertz CT molecular complexity index is 591. The molecule has 0 radical (unpaired) electrons. The van der Waals surface area contributed by atoms with Gasteiger partial charge >= 0.3 is 0 Å². The van der Waals surface area contributed by atoms with Gasteiger partial charge in [0.1, 0.15) is 0 Å². The minimum atomic E-state index is -3.54. The molecule has 0 amide bonds. The Hall–Kier alpha value is -0.660. The van der Waals surface area contributed by atoms with E-state index < -0.39 is 10.0 Å². The van der Waals surface area contributed by atoms with Gasteiger partial charge in [-0.3, -0.25) is 0 Å². The summed E-state index contributed by atoms with van der Waals surface area (Å²) in [6.45, 7) is 3.59. The van der Waals surface area contributed by atoms with Crippen LogP contribution in [0.4, 0.5) is 0 Å². The first-order valence-corrected chi connectivity index (χ1v) is 8.27. The number of aliphatic hydroxyl groups excluding tert-OH is 1. The zero-order valence-electron chi connectivity index (χ0n) is 11.6. The second-order valence-electron chi connectivity index (χ2n) is 5.14.